The van der Waals surface area contributed by atoms with Gasteiger partial charge in [0.05, 0.1) is 77.9 Å². The molecule has 4 saturated heterocycles. The first-order valence-corrected chi connectivity index (χ1v) is 27.0. The van der Waals surface area contributed by atoms with Crippen molar-refractivity contribution in [2.24, 2.45) is 0 Å². The molecule has 0 radical (unpaired) electrons. The van der Waals surface area contributed by atoms with Gasteiger partial charge in [-0.2, -0.15) is 80.3 Å². The predicted molar refractivity (Wildman–Crippen MR) is 335 cm³/mol. The Kier molecular flexibility index (Phi) is 22.7. The Hall–Kier alpha value is -6.21. The van der Waals surface area contributed by atoms with E-state index in [0.717, 1.165) is 86.8 Å². The monoisotopic (exact) mass is 1280 g/mol. The summed E-state index contributed by atoms with van der Waals surface area (Å²) in [5.41, 5.74) is 8.77. The molecule has 12 rings (SSSR count). The van der Waals surface area contributed by atoms with Crippen molar-refractivity contribution in [3.05, 3.63) is 108 Å². The molecule has 19 nitrogen and oxygen atoms in total. The van der Waals surface area contributed by atoms with Crippen molar-refractivity contribution < 1.29 is 59.6 Å². The summed E-state index contributed by atoms with van der Waals surface area (Å²) in [5.74, 6) is 1.46. The second kappa shape index (κ2) is 28.3. The standard InChI is InChI=1S/C29H31F3N6O4.C17H17F3N4.C11H16N2O3.4H2S/c1-17-24-26(36-25(34-17)18-6-4-7-19(10-18)29(30,31)32)38(21-8-5-9-37(24)14-21)27(39)35-20-11-22(13-33-12-20)40-15-23-16-41-28(2,3)42-23;1-10-14-16(22-13-6-3-7-24(14)9-13)23-15(21-10)11-4-2-5-12(8-11)17(18,19)20;1-11(2)15-7-10(16-11)6-14-9-3-8(12)4-13-5-9;;;;/h4,6-7,10-13,21,23H,5,8-9,14-16H2,1-3H3,(H,35,39);2,4-5,8,13H,3,6-7,9H2,1H3,(H,21,22,23);3-5,10H,6-7,12H2,1-2H3;4*1H2/t21-,23-;13-;10-;;;;/m000..../s1. The zero-order valence-corrected chi connectivity index (χ0v) is 52.1. The number of piperidine rings is 2. The van der Waals surface area contributed by atoms with E-state index in [1.54, 1.807) is 48.6 Å². The van der Waals surface area contributed by atoms with Gasteiger partial charge in [-0.3, -0.25) is 14.9 Å². The summed E-state index contributed by atoms with van der Waals surface area (Å²) in [6.07, 6.45) is 0.928. The van der Waals surface area contributed by atoms with E-state index in [4.69, 9.17) is 34.2 Å². The SMILES string of the molecule is CC1(C)OC[C@H](COc2cncc(N)c2)O1.Cc1nc(-c2cccc(C(F)(F)F)c2)nc2c1N1CCC[C@@H](C1)N2.Cc1nc(-c2cccc(C(F)(F)F)c2)nc2c1N1CCC[C@@H](C1)N2C(=O)Nc1cncc(OC[C@H]2COC(C)(C)O2)c1.S.S.S.S. The predicted octanol–water partition coefficient (Wildman–Crippen LogP) is 10.9. The fourth-order valence-corrected chi connectivity index (χ4v) is 10.7. The lowest BCUT2D eigenvalue weighted by Gasteiger charge is -2.46. The van der Waals surface area contributed by atoms with Gasteiger partial charge in [0.25, 0.3) is 0 Å². The molecule has 29 heteroatoms. The molecule has 6 aromatic rings. The highest BCUT2D eigenvalue weighted by atomic mass is 32.1. The van der Waals surface area contributed by atoms with Crippen molar-refractivity contribution >= 4 is 94.4 Å². The Morgan fingerprint density at radius 3 is 1.76 bits per heavy atom. The molecule has 2 amide bonds. The number of urea groups is 1. The molecule has 0 unspecified atom stereocenters. The van der Waals surface area contributed by atoms with Gasteiger partial charge in [0, 0.05) is 55.5 Å². The highest BCUT2D eigenvalue weighted by molar-refractivity contribution is 7.59. The van der Waals surface area contributed by atoms with Gasteiger partial charge in [0.15, 0.2) is 34.9 Å². The quantitative estimate of drug-likeness (QED) is 0.115. The molecule has 86 heavy (non-hydrogen) atoms. The highest BCUT2D eigenvalue weighted by Crippen LogP contribution is 2.43. The van der Waals surface area contributed by atoms with Crippen LogP contribution in [-0.2, 0) is 31.3 Å². The van der Waals surface area contributed by atoms with Crippen molar-refractivity contribution in [3.8, 4) is 34.3 Å². The van der Waals surface area contributed by atoms with E-state index >= 15 is 0 Å². The van der Waals surface area contributed by atoms with Gasteiger partial charge in [-0.15, -0.1) is 0 Å². The molecule has 0 spiro atoms. The number of pyridine rings is 2. The van der Waals surface area contributed by atoms with Gasteiger partial charge >= 0.3 is 18.4 Å². The van der Waals surface area contributed by atoms with E-state index in [9.17, 15) is 31.1 Å². The number of benzene rings is 2. The topological polar surface area (TPSA) is 210 Å². The number of amides is 2. The molecule has 0 saturated carbocycles. The maximum absolute atomic E-state index is 13.8. The van der Waals surface area contributed by atoms with Crippen LogP contribution in [0.2, 0.25) is 0 Å². The molecule has 10 heterocycles. The second-order valence-electron chi connectivity index (χ2n) is 21.7. The average Bonchev–Trinajstić information content (AvgIpc) is 1.00. The second-order valence-corrected chi connectivity index (χ2v) is 21.7. The number of hydrogen-bond donors (Lipinski definition) is 3. The number of carbonyl (C=O) groups is 1. The molecular weight excluding hydrogens is 1210 g/mol. The minimum absolute atomic E-state index is 0. The summed E-state index contributed by atoms with van der Waals surface area (Å²) in [4.78, 5) is 46.2. The molecular formula is C57H72F6N12O7S4. The third kappa shape index (κ3) is 16.7. The lowest BCUT2D eigenvalue weighted by Crippen LogP contribution is -2.56. The maximum Gasteiger partial charge on any atom is 0.416 e. The Labute approximate surface area is 522 Å². The Balaban J connectivity index is 0.000000227. The Bertz CT molecular complexity index is 3300. The van der Waals surface area contributed by atoms with Gasteiger partial charge in [-0.25, -0.2) is 24.7 Å². The number of nitrogen functional groups attached to an aromatic ring is 1. The molecule has 4 aromatic heterocycles. The third-order valence-corrected chi connectivity index (χ3v) is 14.3. The van der Waals surface area contributed by atoms with Crippen LogP contribution in [0.25, 0.3) is 22.8 Å². The number of carbonyl (C=O) groups excluding carboxylic acids is 1. The molecule has 4 fully saturated rings. The summed E-state index contributed by atoms with van der Waals surface area (Å²) >= 11 is 0. The van der Waals surface area contributed by atoms with E-state index in [-0.39, 0.29) is 90.2 Å². The molecule has 6 aliphatic rings. The van der Waals surface area contributed by atoms with Gasteiger partial charge in [-0.1, -0.05) is 24.3 Å². The summed E-state index contributed by atoms with van der Waals surface area (Å²) in [6.45, 7) is 16.1. The van der Waals surface area contributed by atoms with Crippen molar-refractivity contribution in [2.45, 2.75) is 115 Å². The lowest BCUT2D eigenvalue weighted by atomic mass is 9.99. The number of alkyl halides is 6. The van der Waals surface area contributed by atoms with Crippen LogP contribution in [0.15, 0.2) is 85.5 Å². The molecule has 4 N–H and O–H groups in total. The van der Waals surface area contributed by atoms with Crippen LogP contribution in [0.5, 0.6) is 11.5 Å². The molecule has 0 aliphatic carbocycles. The lowest BCUT2D eigenvalue weighted by molar-refractivity contribution is -0.141. The van der Waals surface area contributed by atoms with Crippen molar-refractivity contribution in [2.75, 3.05) is 83.7 Å². The van der Waals surface area contributed by atoms with E-state index in [1.807, 2.05) is 34.6 Å². The van der Waals surface area contributed by atoms with E-state index in [0.29, 0.717) is 83.9 Å². The number of fused-ring (bicyclic) bond motifs is 8. The molecule has 4 bridgehead atoms. The minimum atomic E-state index is -4.51. The average molecular weight is 1280 g/mol. The summed E-state index contributed by atoms with van der Waals surface area (Å²) < 4.78 is 113. The number of nitrogens with two attached hydrogens (primary N) is 1. The number of aromatic nitrogens is 6. The Morgan fingerprint density at radius 1 is 0.686 bits per heavy atom. The summed E-state index contributed by atoms with van der Waals surface area (Å²) in [5, 5.41) is 6.31. The van der Waals surface area contributed by atoms with Gasteiger partial charge in [0.1, 0.15) is 48.3 Å². The molecule has 468 valence electrons. The van der Waals surface area contributed by atoms with Crippen LogP contribution in [0.1, 0.15) is 75.9 Å². The normalized spacial score (nSPS) is 20.2. The van der Waals surface area contributed by atoms with Crippen molar-refractivity contribution in [3.63, 3.8) is 0 Å². The van der Waals surface area contributed by atoms with Gasteiger partial charge < -0.3 is 54.6 Å². The smallest absolute Gasteiger partial charge is 0.416 e. The summed E-state index contributed by atoms with van der Waals surface area (Å²) in [6, 6.07) is 13.2. The first-order valence-electron chi connectivity index (χ1n) is 27.0. The number of nitrogens with one attached hydrogen (secondary N) is 2. The fourth-order valence-electron chi connectivity index (χ4n) is 10.7. The van der Waals surface area contributed by atoms with E-state index < -0.39 is 41.1 Å². The minimum Gasteiger partial charge on any atom is -0.489 e. The third-order valence-electron chi connectivity index (χ3n) is 14.3. The van der Waals surface area contributed by atoms with Crippen molar-refractivity contribution in [1.82, 2.24) is 29.9 Å². The number of nitrogens with zero attached hydrogens (tertiary/aromatic N) is 9. The van der Waals surface area contributed by atoms with Gasteiger partial charge in [-0.05, 0) is 91.5 Å². The highest BCUT2D eigenvalue weighted by Gasteiger charge is 2.41. The number of hydrogen-bond acceptors (Lipinski definition) is 17. The first kappa shape index (κ1) is 68.9. The summed E-state index contributed by atoms with van der Waals surface area (Å²) in [7, 11) is 0. The van der Waals surface area contributed by atoms with Crippen LogP contribution in [0, 0.1) is 13.8 Å². The number of anilines is 6. The number of halogens is 6. The maximum atomic E-state index is 13.8. The van der Waals surface area contributed by atoms with Crippen LogP contribution in [0.3, 0.4) is 0 Å². The van der Waals surface area contributed by atoms with Crippen molar-refractivity contribution in [1.29, 1.82) is 0 Å². The van der Waals surface area contributed by atoms with Crippen LogP contribution in [-0.4, -0.2) is 124 Å². The largest absolute Gasteiger partial charge is 0.489 e. The molecule has 4 atom stereocenters. The molecule has 2 aromatic carbocycles. The van der Waals surface area contributed by atoms with Gasteiger partial charge in [0.2, 0.25) is 0 Å². The fraction of sp³-hybridized carbons (Fsp3) is 0.456. The zero-order valence-electron chi connectivity index (χ0n) is 48.1. The van der Waals surface area contributed by atoms with Crippen LogP contribution in [0.4, 0.5) is 65.5 Å². The Morgan fingerprint density at radius 2 is 1.21 bits per heavy atom. The van der Waals surface area contributed by atoms with E-state index in [1.165, 1.54) is 24.4 Å². The number of rotatable bonds is 9. The molecule has 6 aliphatic heterocycles. The first-order chi connectivity index (χ1) is 38.9. The number of aryl methyl sites for hydroxylation is 2. The number of ether oxygens (including phenoxy) is 6. The zero-order chi connectivity index (χ0) is 58.1. The van der Waals surface area contributed by atoms with Crippen LogP contribution < -0.4 is 40.5 Å². The van der Waals surface area contributed by atoms with E-state index in [2.05, 4.69) is 50.3 Å². The van der Waals surface area contributed by atoms with Crippen LogP contribution >= 0.6 is 54.0 Å².